The summed E-state index contributed by atoms with van der Waals surface area (Å²) < 4.78 is 0. The Balaban J connectivity index is 1.92. The maximum Gasteiger partial charge on any atom is 0.0250 e. The van der Waals surface area contributed by atoms with E-state index in [0.29, 0.717) is 5.41 Å². The van der Waals surface area contributed by atoms with Crippen LogP contribution in [0.1, 0.15) is 46.5 Å². The quantitative estimate of drug-likeness (QED) is 0.752. The molecule has 0 radical (unpaired) electrons. The van der Waals surface area contributed by atoms with Gasteiger partial charge in [0.15, 0.2) is 0 Å². The van der Waals surface area contributed by atoms with Crippen molar-refractivity contribution in [1.82, 2.24) is 10.2 Å². The van der Waals surface area contributed by atoms with E-state index in [1.165, 1.54) is 45.3 Å². The number of hydrogen-bond donors (Lipinski definition) is 1. The zero-order valence-corrected chi connectivity index (χ0v) is 10.6. The van der Waals surface area contributed by atoms with Crippen LogP contribution in [0.3, 0.4) is 0 Å². The van der Waals surface area contributed by atoms with E-state index >= 15 is 0 Å². The molecule has 0 bridgehead atoms. The molecule has 2 heterocycles. The molecule has 0 aromatic carbocycles. The molecular weight excluding hydrogens is 184 g/mol. The molecule has 2 saturated heterocycles. The molecule has 2 fully saturated rings. The Morgan fingerprint density at radius 1 is 1.20 bits per heavy atom. The van der Waals surface area contributed by atoms with E-state index in [9.17, 15) is 0 Å². The van der Waals surface area contributed by atoms with Gasteiger partial charge in [-0.15, -0.1) is 0 Å². The van der Waals surface area contributed by atoms with Gasteiger partial charge in [-0.1, -0.05) is 20.8 Å². The Morgan fingerprint density at radius 3 is 2.60 bits per heavy atom. The second-order valence-electron chi connectivity index (χ2n) is 6.44. The third kappa shape index (κ3) is 2.94. The van der Waals surface area contributed by atoms with Gasteiger partial charge in [-0.3, -0.25) is 4.90 Å². The minimum Gasteiger partial charge on any atom is -0.312 e. The van der Waals surface area contributed by atoms with Crippen LogP contribution in [0.25, 0.3) is 0 Å². The molecule has 2 heteroatoms. The van der Waals surface area contributed by atoms with Crippen molar-refractivity contribution in [2.45, 2.75) is 58.5 Å². The molecule has 2 aliphatic rings. The molecule has 0 saturated carbocycles. The van der Waals surface area contributed by atoms with Gasteiger partial charge < -0.3 is 5.32 Å². The summed E-state index contributed by atoms with van der Waals surface area (Å²) in [5.74, 6) is 0. The van der Waals surface area contributed by atoms with Crippen LogP contribution < -0.4 is 5.32 Å². The molecule has 2 rings (SSSR count). The van der Waals surface area contributed by atoms with Crippen molar-refractivity contribution in [3.63, 3.8) is 0 Å². The van der Waals surface area contributed by atoms with Gasteiger partial charge in [-0.2, -0.15) is 0 Å². The number of nitrogens with zero attached hydrogens (tertiary/aromatic N) is 1. The number of nitrogens with one attached hydrogen (secondary N) is 1. The maximum atomic E-state index is 3.67. The lowest BCUT2D eigenvalue weighted by Crippen LogP contribution is -2.46. The molecule has 2 atom stereocenters. The van der Waals surface area contributed by atoms with Crippen molar-refractivity contribution < 1.29 is 0 Å². The van der Waals surface area contributed by atoms with Gasteiger partial charge in [0.25, 0.3) is 0 Å². The average molecular weight is 210 g/mol. The molecule has 15 heavy (non-hydrogen) atoms. The Labute approximate surface area is 94.4 Å². The highest BCUT2D eigenvalue weighted by Crippen LogP contribution is 2.28. The molecule has 0 amide bonds. The first-order chi connectivity index (χ1) is 7.06. The van der Waals surface area contributed by atoms with E-state index in [0.717, 1.165) is 12.1 Å². The van der Waals surface area contributed by atoms with Crippen LogP contribution in [0, 0.1) is 5.41 Å². The van der Waals surface area contributed by atoms with Crippen LogP contribution in [0.4, 0.5) is 0 Å². The summed E-state index contributed by atoms with van der Waals surface area (Å²) in [5, 5.41) is 3.67. The van der Waals surface area contributed by atoms with Crippen LogP contribution in [0.15, 0.2) is 0 Å². The maximum absolute atomic E-state index is 3.67. The van der Waals surface area contributed by atoms with Crippen molar-refractivity contribution in [1.29, 1.82) is 0 Å². The average Bonchev–Trinajstić information content (AvgIpc) is 2.68. The highest BCUT2D eigenvalue weighted by Gasteiger charge is 2.34. The molecule has 2 aliphatic heterocycles. The van der Waals surface area contributed by atoms with Crippen molar-refractivity contribution in [3.8, 4) is 0 Å². The topological polar surface area (TPSA) is 15.3 Å². The lowest BCUT2D eigenvalue weighted by Gasteiger charge is -2.34. The Hall–Kier alpha value is -0.0800. The predicted octanol–water partition coefficient (Wildman–Crippen LogP) is 2.25. The van der Waals surface area contributed by atoms with E-state index in [1.807, 2.05) is 0 Å². The molecule has 0 aromatic heterocycles. The molecular formula is C13H26N2. The molecule has 0 aromatic rings. The lowest BCUT2D eigenvalue weighted by atomic mass is 9.94. The highest BCUT2D eigenvalue weighted by molar-refractivity contribution is 4.93. The van der Waals surface area contributed by atoms with Gasteiger partial charge in [0.05, 0.1) is 0 Å². The summed E-state index contributed by atoms with van der Waals surface area (Å²) in [6.45, 7) is 10.9. The fraction of sp³-hybridized carbons (Fsp3) is 1.00. The van der Waals surface area contributed by atoms with Gasteiger partial charge in [0.2, 0.25) is 0 Å². The van der Waals surface area contributed by atoms with E-state index < -0.39 is 0 Å². The SMILES string of the molecule is CC(C)(C)CN1CCCC1C1CCCN1. The smallest absolute Gasteiger partial charge is 0.0250 e. The van der Waals surface area contributed by atoms with Crippen molar-refractivity contribution >= 4 is 0 Å². The summed E-state index contributed by atoms with van der Waals surface area (Å²) in [6.07, 6.45) is 5.59. The normalized spacial score (nSPS) is 33.8. The standard InChI is InChI=1S/C13H26N2/c1-13(2,3)10-15-9-5-7-12(15)11-6-4-8-14-11/h11-12,14H,4-10H2,1-3H3. The van der Waals surface area contributed by atoms with Gasteiger partial charge in [0.1, 0.15) is 0 Å². The molecule has 1 N–H and O–H groups in total. The summed E-state index contributed by atoms with van der Waals surface area (Å²) in [6, 6.07) is 1.61. The molecule has 0 spiro atoms. The van der Waals surface area contributed by atoms with Crippen LogP contribution in [-0.2, 0) is 0 Å². The minimum absolute atomic E-state index is 0.446. The minimum atomic E-state index is 0.446. The van der Waals surface area contributed by atoms with Gasteiger partial charge >= 0.3 is 0 Å². The van der Waals surface area contributed by atoms with E-state index in [2.05, 4.69) is 31.0 Å². The summed E-state index contributed by atoms with van der Waals surface area (Å²) in [7, 11) is 0. The third-order valence-corrected chi connectivity index (χ3v) is 3.65. The Bertz CT molecular complexity index is 201. The lowest BCUT2D eigenvalue weighted by molar-refractivity contribution is 0.155. The second kappa shape index (κ2) is 4.42. The van der Waals surface area contributed by atoms with Crippen LogP contribution in [-0.4, -0.2) is 36.6 Å². The second-order valence-corrected chi connectivity index (χ2v) is 6.44. The van der Waals surface area contributed by atoms with E-state index in [4.69, 9.17) is 0 Å². The first-order valence-corrected chi connectivity index (χ1v) is 6.54. The fourth-order valence-electron chi connectivity index (χ4n) is 3.15. The Kier molecular flexibility index (Phi) is 3.36. The Morgan fingerprint density at radius 2 is 2.00 bits per heavy atom. The van der Waals surface area contributed by atoms with Crippen molar-refractivity contribution in [2.24, 2.45) is 5.41 Å². The molecule has 2 unspecified atom stereocenters. The summed E-state index contributed by atoms with van der Waals surface area (Å²) >= 11 is 0. The zero-order chi connectivity index (χ0) is 10.9. The fourth-order valence-corrected chi connectivity index (χ4v) is 3.15. The number of hydrogen-bond acceptors (Lipinski definition) is 2. The zero-order valence-electron chi connectivity index (χ0n) is 10.6. The van der Waals surface area contributed by atoms with Crippen LogP contribution in [0.5, 0.6) is 0 Å². The van der Waals surface area contributed by atoms with Crippen molar-refractivity contribution in [3.05, 3.63) is 0 Å². The summed E-state index contributed by atoms with van der Waals surface area (Å²) in [4.78, 5) is 2.73. The number of likely N-dealkylation sites (tertiary alicyclic amines) is 1. The van der Waals surface area contributed by atoms with Gasteiger partial charge in [0, 0.05) is 18.6 Å². The van der Waals surface area contributed by atoms with E-state index in [1.54, 1.807) is 0 Å². The van der Waals surface area contributed by atoms with E-state index in [-0.39, 0.29) is 0 Å². The van der Waals surface area contributed by atoms with Crippen LogP contribution in [0.2, 0.25) is 0 Å². The molecule has 0 aliphatic carbocycles. The predicted molar refractivity (Wildman–Crippen MR) is 65.1 cm³/mol. The van der Waals surface area contributed by atoms with Crippen molar-refractivity contribution in [2.75, 3.05) is 19.6 Å². The van der Waals surface area contributed by atoms with Gasteiger partial charge in [-0.05, 0) is 44.2 Å². The van der Waals surface area contributed by atoms with Crippen LogP contribution >= 0.6 is 0 Å². The molecule has 88 valence electrons. The first kappa shape index (κ1) is 11.4. The first-order valence-electron chi connectivity index (χ1n) is 6.54. The highest BCUT2D eigenvalue weighted by atomic mass is 15.2. The number of rotatable bonds is 2. The monoisotopic (exact) mass is 210 g/mol. The third-order valence-electron chi connectivity index (χ3n) is 3.65. The molecule has 2 nitrogen and oxygen atoms in total. The van der Waals surface area contributed by atoms with Gasteiger partial charge in [-0.25, -0.2) is 0 Å². The largest absolute Gasteiger partial charge is 0.312 e. The summed E-state index contributed by atoms with van der Waals surface area (Å²) in [5.41, 5.74) is 0.446.